The third-order valence-corrected chi connectivity index (χ3v) is 3.86. The van der Waals surface area contributed by atoms with Crippen LogP contribution >= 0.6 is 0 Å². The van der Waals surface area contributed by atoms with Crippen LogP contribution in [-0.2, 0) is 23.8 Å². The molecule has 2 aromatic carbocycles. The number of nitrogens with one attached hydrogen (secondary N) is 1. The largest absolute Gasteiger partial charge is 0.478 e. The minimum Gasteiger partial charge on any atom is -0.478 e. The fourth-order valence-corrected chi connectivity index (χ4v) is 2.74. The number of alkyl halides is 3. The summed E-state index contributed by atoms with van der Waals surface area (Å²) in [5, 5.41) is 11.7. The third-order valence-electron chi connectivity index (χ3n) is 3.86. The minimum absolute atomic E-state index is 0.0159. The van der Waals surface area contributed by atoms with Gasteiger partial charge in [-0.05, 0) is 36.6 Å². The van der Waals surface area contributed by atoms with Gasteiger partial charge in [0.05, 0.1) is 17.5 Å². The third kappa shape index (κ3) is 5.08. The number of hydrogen-bond acceptors (Lipinski definition) is 2. The highest BCUT2D eigenvalue weighted by atomic mass is 19.4. The summed E-state index contributed by atoms with van der Waals surface area (Å²) >= 11 is 0. The molecular weight excluding hydrogens is 347 g/mol. The van der Waals surface area contributed by atoms with Gasteiger partial charge in [0.2, 0.25) is 5.91 Å². The number of hydrogen-bond donors (Lipinski definition) is 2. The number of benzene rings is 2. The van der Waals surface area contributed by atoms with E-state index in [9.17, 15) is 22.8 Å². The SMILES string of the molecule is CC(Cc1ccccc1C(F)(F)F)NC(=O)Cc1ccccc1C(=O)O. The first-order chi connectivity index (χ1) is 12.2. The number of carbonyl (C=O) groups is 2. The molecule has 0 aliphatic carbocycles. The van der Waals surface area contributed by atoms with E-state index >= 15 is 0 Å². The van der Waals surface area contributed by atoms with Gasteiger partial charge in [0.15, 0.2) is 0 Å². The van der Waals surface area contributed by atoms with Crippen molar-refractivity contribution in [2.75, 3.05) is 0 Å². The van der Waals surface area contributed by atoms with Gasteiger partial charge >= 0.3 is 12.1 Å². The lowest BCUT2D eigenvalue weighted by molar-refractivity contribution is -0.138. The summed E-state index contributed by atoms with van der Waals surface area (Å²) in [7, 11) is 0. The topological polar surface area (TPSA) is 66.4 Å². The fraction of sp³-hybridized carbons (Fsp3) is 0.263. The molecule has 2 aromatic rings. The van der Waals surface area contributed by atoms with Crippen molar-refractivity contribution in [3.63, 3.8) is 0 Å². The predicted octanol–water partition coefficient (Wildman–Crippen LogP) is 3.69. The monoisotopic (exact) mass is 365 g/mol. The number of amides is 1. The Kier molecular flexibility index (Phi) is 6.02. The van der Waals surface area contributed by atoms with E-state index in [0.29, 0.717) is 5.56 Å². The van der Waals surface area contributed by atoms with E-state index < -0.39 is 29.7 Å². The average molecular weight is 365 g/mol. The number of rotatable bonds is 6. The maximum atomic E-state index is 13.0. The zero-order valence-corrected chi connectivity index (χ0v) is 14.0. The highest BCUT2D eigenvalue weighted by Crippen LogP contribution is 2.32. The van der Waals surface area contributed by atoms with Gasteiger partial charge in [0, 0.05) is 6.04 Å². The van der Waals surface area contributed by atoms with E-state index in [0.717, 1.165) is 6.07 Å². The van der Waals surface area contributed by atoms with Gasteiger partial charge in [0.25, 0.3) is 0 Å². The Morgan fingerprint density at radius 2 is 1.62 bits per heavy atom. The molecule has 0 radical (unpaired) electrons. The van der Waals surface area contributed by atoms with Gasteiger partial charge in [-0.2, -0.15) is 13.2 Å². The molecule has 2 rings (SSSR count). The molecule has 0 spiro atoms. The second kappa shape index (κ2) is 8.03. The van der Waals surface area contributed by atoms with Gasteiger partial charge in [-0.25, -0.2) is 4.79 Å². The lowest BCUT2D eigenvalue weighted by atomic mass is 10.00. The maximum Gasteiger partial charge on any atom is 0.416 e. The molecule has 4 nitrogen and oxygen atoms in total. The van der Waals surface area contributed by atoms with Gasteiger partial charge < -0.3 is 10.4 Å². The van der Waals surface area contributed by atoms with Crippen LogP contribution in [0.5, 0.6) is 0 Å². The maximum absolute atomic E-state index is 13.0. The van der Waals surface area contributed by atoms with Crippen molar-refractivity contribution in [2.24, 2.45) is 0 Å². The summed E-state index contributed by atoms with van der Waals surface area (Å²) in [5.74, 6) is -1.59. The Labute approximate surface area is 148 Å². The lowest BCUT2D eigenvalue weighted by Crippen LogP contribution is -2.35. The van der Waals surface area contributed by atoms with Crippen LogP contribution in [0.3, 0.4) is 0 Å². The van der Waals surface area contributed by atoms with Crippen LogP contribution in [-0.4, -0.2) is 23.0 Å². The molecule has 0 aromatic heterocycles. The van der Waals surface area contributed by atoms with E-state index in [1.54, 1.807) is 19.1 Å². The minimum atomic E-state index is -4.46. The Morgan fingerprint density at radius 1 is 1.04 bits per heavy atom. The summed E-state index contributed by atoms with van der Waals surface area (Å²) < 4.78 is 39.1. The first-order valence-electron chi connectivity index (χ1n) is 7.94. The fourth-order valence-electron chi connectivity index (χ4n) is 2.74. The molecule has 0 fully saturated rings. The number of carbonyl (C=O) groups excluding carboxylic acids is 1. The normalized spacial score (nSPS) is 12.5. The molecule has 0 bridgehead atoms. The van der Waals surface area contributed by atoms with E-state index in [2.05, 4.69) is 5.32 Å². The summed E-state index contributed by atoms with van der Waals surface area (Å²) in [6, 6.07) is 10.8. The predicted molar refractivity (Wildman–Crippen MR) is 89.9 cm³/mol. The van der Waals surface area contributed by atoms with Crippen LogP contribution in [0.2, 0.25) is 0 Å². The van der Waals surface area contributed by atoms with Gasteiger partial charge in [-0.1, -0.05) is 36.4 Å². The van der Waals surface area contributed by atoms with E-state index in [4.69, 9.17) is 5.11 Å². The standard InChI is InChI=1S/C19H18F3NO3/c1-12(10-14-7-3-5-9-16(14)19(20,21)22)23-17(24)11-13-6-2-4-8-15(13)18(25)26/h2-9,12H,10-11H2,1H3,(H,23,24)(H,25,26). The van der Waals surface area contributed by atoms with Crippen LogP contribution in [0.25, 0.3) is 0 Å². The van der Waals surface area contributed by atoms with Crippen molar-refractivity contribution < 1.29 is 27.9 Å². The van der Waals surface area contributed by atoms with Crippen LogP contribution in [0.1, 0.15) is 34.0 Å². The number of aromatic carboxylic acids is 1. The summed E-state index contributed by atoms with van der Waals surface area (Å²) in [5.41, 5.74) is -0.255. The molecule has 0 saturated carbocycles. The zero-order valence-electron chi connectivity index (χ0n) is 14.0. The van der Waals surface area contributed by atoms with Gasteiger partial charge in [0.1, 0.15) is 0 Å². The highest BCUT2D eigenvalue weighted by molar-refractivity contribution is 5.91. The molecule has 0 saturated heterocycles. The molecule has 1 atom stereocenters. The first kappa shape index (κ1) is 19.5. The molecule has 0 aliphatic heterocycles. The summed E-state index contributed by atoms with van der Waals surface area (Å²) in [6.07, 6.45) is -4.60. The quantitative estimate of drug-likeness (QED) is 0.820. The van der Waals surface area contributed by atoms with E-state index in [1.807, 2.05) is 0 Å². The van der Waals surface area contributed by atoms with Gasteiger partial charge in [-0.15, -0.1) is 0 Å². The van der Waals surface area contributed by atoms with Crippen molar-refractivity contribution in [2.45, 2.75) is 32.0 Å². The molecule has 2 N–H and O–H groups in total. The molecule has 26 heavy (non-hydrogen) atoms. The van der Waals surface area contributed by atoms with Crippen molar-refractivity contribution in [3.05, 3.63) is 70.8 Å². The number of halogens is 3. The van der Waals surface area contributed by atoms with Crippen molar-refractivity contribution in [1.82, 2.24) is 5.32 Å². The highest BCUT2D eigenvalue weighted by Gasteiger charge is 2.33. The summed E-state index contributed by atoms with van der Waals surface area (Å²) in [4.78, 5) is 23.3. The van der Waals surface area contributed by atoms with E-state index in [1.165, 1.54) is 30.3 Å². The number of carboxylic acids is 1. The van der Waals surface area contributed by atoms with Crippen LogP contribution in [0, 0.1) is 0 Å². The molecule has 138 valence electrons. The Morgan fingerprint density at radius 3 is 2.23 bits per heavy atom. The lowest BCUT2D eigenvalue weighted by Gasteiger charge is -2.18. The second-order valence-electron chi connectivity index (χ2n) is 5.97. The molecule has 7 heteroatoms. The zero-order chi connectivity index (χ0) is 19.3. The molecular formula is C19H18F3NO3. The Balaban J connectivity index is 2.04. The smallest absolute Gasteiger partial charge is 0.416 e. The molecule has 1 amide bonds. The van der Waals surface area contributed by atoms with E-state index in [-0.39, 0.29) is 24.0 Å². The number of carboxylic acid groups (broad SMARTS) is 1. The second-order valence-corrected chi connectivity index (χ2v) is 5.97. The average Bonchev–Trinajstić information content (AvgIpc) is 2.54. The molecule has 0 heterocycles. The Hall–Kier alpha value is -2.83. The first-order valence-corrected chi connectivity index (χ1v) is 7.94. The summed E-state index contributed by atoms with van der Waals surface area (Å²) in [6.45, 7) is 1.61. The van der Waals surface area contributed by atoms with Gasteiger partial charge in [-0.3, -0.25) is 4.79 Å². The van der Waals surface area contributed by atoms with Crippen LogP contribution < -0.4 is 5.32 Å². The van der Waals surface area contributed by atoms with Crippen LogP contribution in [0.15, 0.2) is 48.5 Å². The Bertz CT molecular complexity index is 803. The van der Waals surface area contributed by atoms with Crippen LogP contribution in [0.4, 0.5) is 13.2 Å². The van der Waals surface area contributed by atoms with Crippen molar-refractivity contribution in [1.29, 1.82) is 0 Å². The molecule has 1 unspecified atom stereocenters. The van der Waals surface area contributed by atoms with Crippen molar-refractivity contribution in [3.8, 4) is 0 Å². The molecule has 0 aliphatic rings. The van der Waals surface area contributed by atoms with Crippen molar-refractivity contribution >= 4 is 11.9 Å².